The van der Waals surface area contributed by atoms with Gasteiger partial charge in [-0.1, -0.05) is 57.7 Å². The molecule has 13 nitrogen and oxygen atoms in total. The van der Waals surface area contributed by atoms with E-state index in [0.717, 1.165) is 0 Å². The Kier molecular flexibility index (Phi) is 12.9. The second-order valence-electron chi connectivity index (χ2n) is 15.7. The quantitative estimate of drug-likeness (QED) is 0.174. The highest BCUT2D eigenvalue weighted by molar-refractivity contribution is 5.80. The Labute approximate surface area is 317 Å². The molecule has 1 aromatic carbocycles. The van der Waals surface area contributed by atoms with Gasteiger partial charge in [0, 0.05) is 41.0 Å². The molecule has 0 spiro atoms. The lowest BCUT2D eigenvalue weighted by molar-refractivity contribution is -0.214. The number of hydrogen-bond donors (Lipinski definition) is 0. The van der Waals surface area contributed by atoms with Gasteiger partial charge in [0.2, 0.25) is 6.10 Å². The molecular formula is C41H55NO12. The van der Waals surface area contributed by atoms with Crippen molar-refractivity contribution in [2.45, 2.75) is 124 Å². The van der Waals surface area contributed by atoms with E-state index in [1.54, 1.807) is 19.0 Å². The molecule has 3 aliphatic rings. The molecule has 0 N–H and O–H groups in total. The summed E-state index contributed by atoms with van der Waals surface area (Å²) in [5, 5.41) is 0. The van der Waals surface area contributed by atoms with E-state index >= 15 is 0 Å². The molecule has 0 aliphatic heterocycles. The number of benzene rings is 1. The van der Waals surface area contributed by atoms with Crippen molar-refractivity contribution in [1.29, 1.82) is 0 Å². The van der Waals surface area contributed by atoms with Crippen LogP contribution in [-0.4, -0.2) is 91.4 Å². The van der Waals surface area contributed by atoms with E-state index < -0.39 is 95.2 Å². The molecular weight excluding hydrogens is 698 g/mol. The number of ether oxygens (including phenoxy) is 6. The Morgan fingerprint density at radius 2 is 1.31 bits per heavy atom. The van der Waals surface area contributed by atoms with Crippen molar-refractivity contribution in [2.75, 3.05) is 14.1 Å². The van der Waals surface area contributed by atoms with Gasteiger partial charge in [0.1, 0.15) is 18.3 Å². The summed E-state index contributed by atoms with van der Waals surface area (Å²) in [6, 6.07) is 8.38. The standard InChI is InChI=1S/C41H55NO12/c1-21-30-18-29-19-31(49-23(3)43)22(2)34(40(29,8)9)36(51-25(5)45)38(53-27(7)47)41(30,10)33(50-24(4)44)20-32(21)54-39(48)37(52-26(6)46)35(42(11)12)28-16-14-13-15-17-28/h13-17,29-33,35-38H,1,18-20H2,2-12H3/t29-,30+,31+,32-,33-,35+,36+,37+,38+,41-/m0/s1. The van der Waals surface area contributed by atoms with Gasteiger partial charge in [-0.2, -0.15) is 0 Å². The average molecular weight is 754 g/mol. The topological polar surface area (TPSA) is 161 Å². The van der Waals surface area contributed by atoms with E-state index in [2.05, 4.69) is 6.58 Å². The van der Waals surface area contributed by atoms with Crippen LogP contribution in [0, 0.1) is 22.7 Å². The third kappa shape index (κ3) is 8.56. The van der Waals surface area contributed by atoms with E-state index in [9.17, 15) is 28.8 Å². The fourth-order valence-corrected chi connectivity index (χ4v) is 9.13. The van der Waals surface area contributed by atoms with Gasteiger partial charge in [0.15, 0.2) is 12.2 Å². The smallest absolute Gasteiger partial charge is 0.350 e. The molecule has 10 atom stereocenters. The molecule has 1 aromatic rings. The van der Waals surface area contributed by atoms with E-state index in [0.29, 0.717) is 35.1 Å². The first-order valence-electron chi connectivity index (χ1n) is 18.3. The number of rotatable bonds is 10. The van der Waals surface area contributed by atoms with E-state index in [1.807, 2.05) is 58.0 Å². The Balaban J connectivity index is 1.91. The van der Waals surface area contributed by atoms with Gasteiger partial charge in [0.25, 0.3) is 0 Å². The Hall–Kier alpha value is -4.52. The zero-order valence-electron chi connectivity index (χ0n) is 33.3. The molecule has 2 fully saturated rings. The summed E-state index contributed by atoms with van der Waals surface area (Å²) in [6.07, 6.45) is -5.89. The largest absolute Gasteiger partial charge is 0.462 e. The number of esters is 6. The van der Waals surface area contributed by atoms with Gasteiger partial charge in [0.05, 0.1) is 11.5 Å². The fraction of sp³-hybridized carbons (Fsp3) is 0.610. The van der Waals surface area contributed by atoms with Crippen LogP contribution < -0.4 is 0 Å². The predicted octanol–water partition coefficient (Wildman–Crippen LogP) is 5.21. The fourth-order valence-electron chi connectivity index (χ4n) is 9.13. The minimum absolute atomic E-state index is 0.0887. The molecule has 13 heteroatoms. The maximum absolute atomic E-state index is 14.3. The summed E-state index contributed by atoms with van der Waals surface area (Å²) >= 11 is 0. The van der Waals surface area contributed by atoms with Crippen LogP contribution in [0.4, 0.5) is 0 Å². The van der Waals surface area contributed by atoms with Crippen molar-refractivity contribution in [3.05, 3.63) is 59.2 Å². The molecule has 296 valence electrons. The first kappa shape index (κ1) is 42.2. The SMILES string of the molecule is C=C1[C@@H](OC(=O)[C@H](OC(C)=O)[C@@H](c2ccccc2)N(C)C)C[C@H](OC(C)=O)[C@]2(C)[C@@H]1C[C@H]1C[C@@H](OC(C)=O)C(C)=C([C@@H](OC(C)=O)[C@H]2OC(C)=O)C1(C)C. The summed E-state index contributed by atoms with van der Waals surface area (Å²) in [4.78, 5) is 79.6. The number of fused-ring (bicyclic) bond motifs is 3. The second kappa shape index (κ2) is 16.5. The molecule has 54 heavy (non-hydrogen) atoms. The Morgan fingerprint density at radius 1 is 0.741 bits per heavy atom. The minimum atomic E-state index is -1.38. The summed E-state index contributed by atoms with van der Waals surface area (Å²) in [5.74, 6) is -4.87. The van der Waals surface area contributed by atoms with Crippen LogP contribution in [0.3, 0.4) is 0 Å². The minimum Gasteiger partial charge on any atom is -0.462 e. The molecule has 3 aliphatic carbocycles. The molecule has 0 aromatic heterocycles. The van der Waals surface area contributed by atoms with Gasteiger partial charge in [-0.3, -0.25) is 28.9 Å². The molecule has 0 saturated heterocycles. The predicted molar refractivity (Wildman–Crippen MR) is 195 cm³/mol. The lowest BCUT2D eigenvalue weighted by Crippen LogP contribution is -2.64. The zero-order valence-corrected chi connectivity index (χ0v) is 33.3. The molecule has 2 bridgehead atoms. The van der Waals surface area contributed by atoms with Crippen LogP contribution in [0.25, 0.3) is 0 Å². The number of nitrogens with zero attached hydrogens (tertiary/aromatic N) is 1. The number of carbonyl (C=O) groups is 6. The van der Waals surface area contributed by atoms with Gasteiger partial charge < -0.3 is 28.4 Å². The lowest BCUT2D eigenvalue weighted by Gasteiger charge is -2.59. The first-order chi connectivity index (χ1) is 25.1. The molecule has 2 saturated carbocycles. The monoisotopic (exact) mass is 753 g/mol. The van der Waals surface area contributed by atoms with Crippen molar-refractivity contribution < 1.29 is 57.2 Å². The zero-order chi connectivity index (χ0) is 40.4. The maximum atomic E-state index is 14.3. The van der Waals surface area contributed by atoms with Crippen molar-refractivity contribution >= 4 is 35.8 Å². The molecule has 0 unspecified atom stereocenters. The highest BCUT2D eigenvalue weighted by atomic mass is 16.6. The Bertz CT molecular complexity index is 1680. The third-order valence-corrected chi connectivity index (χ3v) is 11.5. The molecule has 4 rings (SSSR count). The second-order valence-corrected chi connectivity index (χ2v) is 15.7. The van der Waals surface area contributed by atoms with E-state index in [4.69, 9.17) is 28.4 Å². The van der Waals surface area contributed by atoms with Crippen LogP contribution in [0.15, 0.2) is 53.6 Å². The van der Waals surface area contributed by atoms with Crippen LogP contribution in [0.2, 0.25) is 0 Å². The highest BCUT2D eigenvalue weighted by Gasteiger charge is 2.64. The summed E-state index contributed by atoms with van der Waals surface area (Å²) in [7, 11) is 3.51. The van der Waals surface area contributed by atoms with E-state index in [1.165, 1.54) is 34.6 Å². The average Bonchev–Trinajstić information content (AvgIpc) is 3.04. The van der Waals surface area contributed by atoms with Crippen LogP contribution >= 0.6 is 0 Å². The van der Waals surface area contributed by atoms with Gasteiger partial charge >= 0.3 is 35.8 Å². The lowest BCUT2D eigenvalue weighted by atomic mass is 9.49. The summed E-state index contributed by atoms with van der Waals surface area (Å²) in [6.45, 7) is 18.4. The number of hydrogen-bond acceptors (Lipinski definition) is 13. The van der Waals surface area contributed by atoms with Gasteiger partial charge in [-0.15, -0.1) is 0 Å². The maximum Gasteiger partial charge on any atom is 0.350 e. The molecule has 0 radical (unpaired) electrons. The normalized spacial score (nSPS) is 30.0. The van der Waals surface area contributed by atoms with Crippen molar-refractivity contribution in [3.8, 4) is 0 Å². The highest BCUT2D eigenvalue weighted by Crippen LogP contribution is 2.61. The van der Waals surface area contributed by atoms with Crippen LogP contribution in [0.1, 0.15) is 93.2 Å². The first-order valence-corrected chi connectivity index (χ1v) is 18.3. The molecule has 0 heterocycles. The van der Waals surface area contributed by atoms with Crippen LogP contribution in [0.5, 0.6) is 0 Å². The van der Waals surface area contributed by atoms with Gasteiger partial charge in [-0.25, -0.2) is 4.79 Å². The third-order valence-electron chi connectivity index (χ3n) is 11.5. The van der Waals surface area contributed by atoms with Crippen molar-refractivity contribution in [2.24, 2.45) is 22.7 Å². The van der Waals surface area contributed by atoms with Gasteiger partial charge in [-0.05, 0) is 73.4 Å². The van der Waals surface area contributed by atoms with E-state index in [-0.39, 0.29) is 12.3 Å². The molecule has 0 amide bonds. The number of likely N-dealkylation sites (N-methyl/N-ethyl adjacent to an activating group) is 1. The summed E-state index contributed by atoms with van der Waals surface area (Å²) < 4.78 is 36.1. The summed E-state index contributed by atoms with van der Waals surface area (Å²) in [5.41, 5.74) is 0.499. The van der Waals surface area contributed by atoms with Crippen molar-refractivity contribution in [3.63, 3.8) is 0 Å². The Morgan fingerprint density at radius 3 is 1.83 bits per heavy atom. The number of carbonyl (C=O) groups excluding carboxylic acids is 6. The van der Waals surface area contributed by atoms with Crippen LogP contribution in [-0.2, 0) is 57.2 Å². The van der Waals surface area contributed by atoms with Crippen molar-refractivity contribution in [1.82, 2.24) is 4.90 Å².